The monoisotopic (exact) mass is 209 g/mol. The normalized spacial score (nSPS) is 10.7. The van der Waals surface area contributed by atoms with Gasteiger partial charge in [0.05, 0.1) is 11.5 Å². The maximum Gasteiger partial charge on any atom is 0.270 e. The van der Waals surface area contributed by atoms with Gasteiger partial charge < -0.3 is 5.11 Å². The molecule has 0 atom stereocenters. The van der Waals surface area contributed by atoms with Crippen molar-refractivity contribution in [2.24, 2.45) is 5.92 Å². The van der Waals surface area contributed by atoms with E-state index in [0.717, 1.165) is 12.0 Å². The summed E-state index contributed by atoms with van der Waals surface area (Å²) < 4.78 is 0. The van der Waals surface area contributed by atoms with Gasteiger partial charge in [-0.2, -0.15) is 0 Å². The molecule has 0 bridgehead atoms. The SMILES string of the molecule is CC(C)Cc1cc(CO)cc([N+](=O)[O-])c1. The summed E-state index contributed by atoms with van der Waals surface area (Å²) in [5.74, 6) is 0.443. The molecule has 4 nitrogen and oxygen atoms in total. The van der Waals surface area contributed by atoms with Crippen molar-refractivity contribution in [2.75, 3.05) is 0 Å². The van der Waals surface area contributed by atoms with Gasteiger partial charge in [-0.25, -0.2) is 0 Å². The highest BCUT2D eigenvalue weighted by atomic mass is 16.6. The minimum atomic E-state index is -0.428. The molecule has 1 aromatic carbocycles. The van der Waals surface area contributed by atoms with Crippen molar-refractivity contribution < 1.29 is 10.0 Å². The Bertz CT molecular complexity index is 361. The van der Waals surface area contributed by atoms with Crippen molar-refractivity contribution in [2.45, 2.75) is 26.9 Å². The molecule has 0 amide bonds. The Morgan fingerprint density at radius 1 is 1.33 bits per heavy atom. The highest BCUT2D eigenvalue weighted by Crippen LogP contribution is 2.19. The molecule has 0 spiro atoms. The molecule has 0 aliphatic heterocycles. The molecule has 0 heterocycles. The van der Waals surface area contributed by atoms with Gasteiger partial charge in [0.1, 0.15) is 0 Å². The first-order valence-corrected chi connectivity index (χ1v) is 4.91. The van der Waals surface area contributed by atoms with Crippen molar-refractivity contribution >= 4 is 5.69 Å². The van der Waals surface area contributed by atoms with E-state index in [4.69, 9.17) is 5.11 Å². The van der Waals surface area contributed by atoms with Crippen LogP contribution in [0.2, 0.25) is 0 Å². The van der Waals surface area contributed by atoms with Crippen LogP contribution in [0.5, 0.6) is 0 Å². The lowest BCUT2D eigenvalue weighted by molar-refractivity contribution is -0.385. The first-order chi connectivity index (χ1) is 7.02. The summed E-state index contributed by atoms with van der Waals surface area (Å²) >= 11 is 0. The molecular weight excluding hydrogens is 194 g/mol. The maximum atomic E-state index is 10.6. The van der Waals surface area contributed by atoms with Crippen molar-refractivity contribution in [3.63, 3.8) is 0 Å². The fourth-order valence-electron chi connectivity index (χ4n) is 1.53. The zero-order chi connectivity index (χ0) is 11.4. The van der Waals surface area contributed by atoms with Crippen LogP contribution in [-0.2, 0) is 13.0 Å². The zero-order valence-corrected chi connectivity index (χ0v) is 8.93. The number of hydrogen-bond donors (Lipinski definition) is 1. The van der Waals surface area contributed by atoms with Crippen LogP contribution in [0.4, 0.5) is 5.69 Å². The topological polar surface area (TPSA) is 63.4 Å². The molecular formula is C11H15NO3. The fourth-order valence-corrected chi connectivity index (χ4v) is 1.53. The first kappa shape index (κ1) is 11.7. The number of aliphatic hydroxyl groups excluding tert-OH is 1. The van der Waals surface area contributed by atoms with Gasteiger partial charge in [-0.15, -0.1) is 0 Å². The van der Waals surface area contributed by atoms with Crippen LogP contribution in [-0.4, -0.2) is 10.0 Å². The van der Waals surface area contributed by atoms with E-state index in [9.17, 15) is 10.1 Å². The summed E-state index contributed by atoms with van der Waals surface area (Å²) in [6.07, 6.45) is 0.786. The van der Waals surface area contributed by atoms with Crippen LogP contribution in [0.1, 0.15) is 25.0 Å². The second-order valence-electron chi connectivity index (χ2n) is 4.02. The Hall–Kier alpha value is -1.42. The van der Waals surface area contributed by atoms with E-state index in [1.165, 1.54) is 6.07 Å². The largest absolute Gasteiger partial charge is 0.392 e. The van der Waals surface area contributed by atoms with Crippen LogP contribution in [0.25, 0.3) is 0 Å². The Morgan fingerprint density at radius 3 is 2.40 bits per heavy atom. The summed E-state index contributed by atoms with van der Waals surface area (Å²) in [6.45, 7) is 3.95. The van der Waals surface area contributed by atoms with Gasteiger partial charge in [0.15, 0.2) is 0 Å². The standard InChI is InChI=1S/C11H15NO3/c1-8(2)3-9-4-10(7-13)6-11(5-9)12(14)15/h4-6,8,13H,3,7H2,1-2H3. The Labute approximate surface area is 88.7 Å². The number of nitro benzene ring substituents is 1. The van der Waals surface area contributed by atoms with Gasteiger partial charge >= 0.3 is 0 Å². The van der Waals surface area contributed by atoms with Gasteiger partial charge in [-0.05, 0) is 23.5 Å². The summed E-state index contributed by atoms with van der Waals surface area (Å²) in [5.41, 5.74) is 1.56. The highest BCUT2D eigenvalue weighted by Gasteiger charge is 2.10. The average Bonchev–Trinajstić information content (AvgIpc) is 2.16. The molecule has 0 unspecified atom stereocenters. The van der Waals surface area contributed by atoms with E-state index in [2.05, 4.69) is 13.8 Å². The van der Waals surface area contributed by atoms with Crippen molar-refractivity contribution in [3.05, 3.63) is 39.4 Å². The molecule has 0 aliphatic carbocycles. The molecule has 1 N–H and O–H groups in total. The summed E-state index contributed by atoms with van der Waals surface area (Å²) in [6, 6.07) is 4.79. The Balaban J connectivity index is 3.05. The lowest BCUT2D eigenvalue weighted by Crippen LogP contribution is -1.98. The van der Waals surface area contributed by atoms with Crippen molar-refractivity contribution in [3.8, 4) is 0 Å². The number of nitro groups is 1. The average molecular weight is 209 g/mol. The van der Waals surface area contributed by atoms with E-state index in [1.807, 2.05) is 6.07 Å². The highest BCUT2D eigenvalue weighted by molar-refractivity contribution is 5.39. The molecule has 82 valence electrons. The molecule has 0 saturated carbocycles. The third-order valence-electron chi connectivity index (χ3n) is 2.07. The predicted molar refractivity (Wildman–Crippen MR) is 57.6 cm³/mol. The van der Waals surface area contributed by atoms with Crippen molar-refractivity contribution in [1.29, 1.82) is 0 Å². The van der Waals surface area contributed by atoms with E-state index < -0.39 is 4.92 Å². The maximum absolute atomic E-state index is 10.6. The van der Waals surface area contributed by atoms with Gasteiger partial charge in [0.2, 0.25) is 0 Å². The number of rotatable bonds is 4. The van der Waals surface area contributed by atoms with Gasteiger partial charge in [-0.3, -0.25) is 10.1 Å². The van der Waals surface area contributed by atoms with Crippen LogP contribution in [0.15, 0.2) is 18.2 Å². The summed E-state index contributed by atoms with van der Waals surface area (Å²) in [4.78, 5) is 10.2. The lowest BCUT2D eigenvalue weighted by atomic mass is 10.0. The number of benzene rings is 1. The Morgan fingerprint density at radius 2 is 1.93 bits per heavy atom. The first-order valence-electron chi connectivity index (χ1n) is 4.91. The number of nitrogens with zero attached hydrogens (tertiary/aromatic N) is 1. The van der Waals surface area contributed by atoms with Crippen LogP contribution < -0.4 is 0 Å². The molecule has 0 aromatic heterocycles. The minimum absolute atomic E-state index is 0.0530. The molecule has 0 fully saturated rings. The van der Waals surface area contributed by atoms with Gasteiger partial charge in [0, 0.05) is 12.1 Å². The quantitative estimate of drug-likeness (QED) is 0.611. The third-order valence-corrected chi connectivity index (χ3v) is 2.07. The molecule has 1 aromatic rings. The second kappa shape index (κ2) is 4.89. The van der Waals surface area contributed by atoms with Crippen molar-refractivity contribution in [1.82, 2.24) is 0 Å². The molecule has 0 radical (unpaired) electrons. The van der Waals surface area contributed by atoms with E-state index in [0.29, 0.717) is 11.5 Å². The molecule has 0 saturated heterocycles. The molecule has 15 heavy (non-hydrogen) atoms. The predicted octanol–water partition coefficient (Wildman–Crippen LogP) is 2.29. The van der Waals surface area contributed by atoms with E-state index in [1.54, 1.807) is 6.07 Å². The molecule has 0 aliphatic rings. The molecule has 1 rings (SSSR count). The van der Waals surface area contributed by atoms with E-state index in [-0.39, 0.29) is 12.3 Å². The Kier molecular flexibility index (Phi) is 3.80. The third kappa shape index (κ3) is 3.32. The van der Waals surface area contributed by atoms with Crippen LogP contribution in [0.3, 0.4) is 0 Å². The fraction of sp³-hybridized carbons (Fsp3) is 0.455. The lowest BCUT2D eigenvalue weighted by Gasteiger charge is -2.06. The number of non-ortho nitro benzene ring substituents is 1. The van der Waals surface area contributed by atoms with Gasteiger partial charge in [-0.1, -0.05) is 19.9 Å². The smallest absolute Gasteiger partial charge is 0.270 e. The molecule has 4 heteroatoms. The van der Waals surface area contributed by atoms with Crippen LogP contribution >= 0.6 is 0 Å². The summed E-state index contributed by atoms with van der Waals surface area (Å²) in [7, 11) is 0. The van der Waals surface area contributed by atoms with Crippen LogP contribution in [0, 0.1) is 16.0 Å². The second-order valence-corrected chi connectivity index (χ2v) is 4.02. The minimum Gasteiger partial charge on any atom is -0.392 e. The zero-order valence-electron chi connectivity index (χ0n) is 8.93. The number of aliphatic hydroxyl groups is 1. The number of hydrogen-bond acceptors (Lipinski definition) is 3. The van der Waals surface area contributed by atoms with E-state index >= 15 is 0 Å². The van der Waals surface area contributed by atoms with Gasteiger partial charge in [0.25, 0.3) is 5.69 Å². The summed E-state index contributed by atoms with van der Waals surface area (Å²) in [5, 5.41) is 19.6.